The molecule has 0 saturated heterocycles. The molecule has 1 aromatic heterocycles. The number of methoxy groups -OCH3 is 3. The van der Waals surface area contributed by atoms with Crippen molar-refractivity contribution in [3.05, 3.63) is 88.1 Å². The minimum absolute atomic E-state index is 0.163. The van der Waals surface area contributed by atoms with Crippen LogP contribution < -0.4 is 9.47 Å². The summed E-state index contributed by atoms with van der Waals surface area (Å²) in [6.07, 6.45) is 1.03. The summed E-state index contributed by atoms with van der Waals surface area (Å²) in [5.74, 6) is 0.992. The van der Waals surface area contributed by atoms with Crippen LogP contribution in [0.2, 0.25) is 0 Å². The van der Waals surface area contributed by atoms with Crippen molar-refractivity contribution in [1.82, 2.24) is 9.21 Å². The molecular weight excluding hydrogens is 572 g/mol. The van der Waals surface area contributed by atoms with E-state index in [1.54, 1.807) is 55.8 Å². The van der Waals surface area contributed by atoms with Crippen molar-refractivity contribution in [2.45, 2.75) is 31.2 Å². The molecule has 0 bridgehead atoms. The van der Waals surface area contributed by atoms with Gasteiger partial charge in [0.05, 0.1) is 32.2 Å². The van der Waals surface area contributed by atoms with Gasteiger partial charge in [-0.05, 0) is 77.4 Å². The lowest BCUT2D eigenvalue weighted by Crippen LogP contribution is -2.43. The fourth-order valence-electron chi connectivity index (χ4n) is 4.73. The van der Waals surface area contributed by atoms with E-state index in [4.69, 9.17) is 14.2 Å². The summed E-state index contributed by atoms with van der Waals surface area (Å²) < 4.78 is 45.1. The molecule has 1 amide bonds. The number of hydrogen-bond acceptors (Lipinski definition) is 7. The van der Waals surface area contributed by atoms with Crippen molar-refractivity contribution in [1.29, 1.82) is 0 Å². The van der Waals surface area contributed by atoms with E-state index < -0.39 is 10.0 Å². The van der Waals surface area contributed by atoms with E-state index in [-0.39, 0.29) is 23.9 Å². The zero-order valence-electron chi connectivity index (χ0n) is 24.5. The summed E-state index contributed by atoms with van der Waals surface area (Å²) in [7, 11) is 0.800. The molecule has 0 atom stereocenters. The van der Waals surface area contributed by atoms with Crippen LogP contribution in [0.4, 0.5) is 0 Å². The molecule has 0 aliphatic rings. The lowest BCUT2D eigenvalue weighted by Gasteiger charge is -2.27. The molecule has 4 rings (SSSR count). The smallest absolute Gasteiger partial charge is 0.243 e. The Kier molecular flexibility index (Phi) is 11.0. The van der Waals surface area contributed by atoms with Crippen molar-refractivity contribution in [3.63, 3.8) is 0 Å². The van der Waals surface area contributed by atoms with Crippen molar-refractivity contribution in [2.24, 2.45) is 0 Å². The van der Waals surface area contributed by atoms with Crippen LogP contribution in [-0.4, -0.2) is 71.1 Å². The number of aryl methyl sites for hydroxylation is 1. The monoisotopic (exact) mass is 610 g/mol. The summed E-state index contributed by atoms with van der Waals surface area (Å²) in [6.45, 7) is 3.11. The largest absolute Gasteiger partial charge is 0.493 e. The maximum Gasteiger partial charge on any atom is 0.243 e. The molecule has 0 aliphatic heterocycles. The molecule has 1 heterocycles. The summed E-state index contributed by atoms with van der Waals surface area (Å²) in [5.41, 5.74) is 2.08. The van der Waals surface area contributed by atoms with E-state index in [2.05, 4.69) is 0 Å². The number of rotatable bonds is 15. The number of carbonyl (C=O) groups excluding carboxylic acids is 1. The van der Waals surface area contributed by atoms with Crippen LogP contribution in [0.25, 0.3) is 10.8 Å². The molecule has 3 aromatic carbocycles. The van der Waals surface area contributed by atoms with E-state index in [1.807, 2.05) is 60.8 Å². The maximum absolute atomic E-state index is 13.9. The molecule has 10 heteroatoms. The van der Waals surface area contributed by atoms with Crippen LogP contribution in [-0.2, 0) is 32.5 Å². The quantitative estimate of drug-likeness (QED) is 0.165. The number of carbonyl (C=O) groups is 1. The second kappa shape index (κ2) is 14.6. The van der Waals surface area contributed by atoms with Gasteiger partial charge in [-0.2, -0.15) is 4.31 Å². The Hall–Kier alpha value is -3.44. The van der Waals surface area contributed by atoms with Gasteiger partial charge in [0.15, 0.2) is 11.5 Å². The summed E-state index contributed by atoms with van der Waals surface area (Å²) in [6, 6.07) is 20.4. The minimum atomic E-state index is -3.95. The second-order valence-electron chi connectivity index (χ2n) is 9.98. The highest BCUT2D eigenvalue weighted by Gasteiger charge is 2.29. The Labute approximate surface area is 252 Å². The van der Waals surface area contributed by atoms with Gasteiger partial charge in [-0.1, -0.05) is 36.4 Å². The Morgan fingerprint density at radius 1 is 0.881 bits per heavy atom. The first-order valence-corrected chi connectivity index (χ1v) is 16.1. The van der Waals surface area contributed by atoms with Crippen LogP contribution in [0, 0.1) is 6.92 Å². The molecule has 0 aliphatic carbocycles. The van der Waals surface area contributed by atoms with Crippen molar-refractivity contribution in [2.75, 3.05) is 47.6 Å². The number of fused-ring (bicyclic) bond motifs is 1. The van der Waals surface area contributed by atoms with Gasteiger partial charge in [0.25, 0.3) is 0 Å². The number of ether oxygens (including phenoxy) is 3. The summed E-state index contributed by atoms with van der Waals surface area (Å²) in [5, 5.41) is 3.78. The zero-order valence-corrected chi connectivity index (χ0v) is 26.2. The first-order valence-electron chi connectivity index (χ1n) is 13.8. The number of sulfonamides is 1. The van der Waals surface area contributed by atoms with E-state index in [0.29, 0.717) is 44.0 Å². The number of amides is 1. The SMILES string of the molecule is COCCCN(CC(=O)N(CCc1ccc(OC)c(OC)c1)Cc1sccc1C)S(=O)(=O)c1ccc2ccccc2c1. The first-order chi connectivity index (χ1) is 20.3. The average Bonchev–Trinajstić information content (AvgIpc) is 3.41. The molecule has 0 spiro atoms. The standard InChI is InChI=1S/C32H38N2O6S2/c1-24-15-19-41-31(24)22-33(17-14-25-10-13-29(39-3)30(20-25)40-4)32(35)23-34(16-7-18-38-2)42(36,37)28-12-11-26-8-5-6-9-27(26)21-28/h5-6,8-13,15,19-21H,7,14,16-18,22-23H2,1-4H3. The van der Waals surface area contributed by atoms with Crippen LogP contribution in [0.15, 0.2) is 77.0 Å². The number of thiophene rings is 1. The third-order valence-electron chi connectivity index (χ3n) is 7.20. The molecule has 0 saturated carbocycles. The topological polar surface area (TPSA) is 85.4 Å². The van der Waals surface area contributed by atoms with Crippen LogP contribution in [0.5, 0.6) is 11.5 Å². The highest BCUT2D eigenvalue weighted by Crippen LogP contribution is 2.28. The van der Waals surface area contributed by atoms with Crippen molar-refractivity contribution >= 4 is 38.0 Å². The first kappa shape index (κ1) is 31.5. The van der Waals surface area contributed by atoms with E-state index in [9.17, 15) is 13.2 Å². The molecule has 0 N–H and O–H groups in total. The molecule has 42 heavy (non-hydrogen) atoms. The maximum atomic E-state index is 13.9. The van der Waals surface area contributed by atoms with E-state index >= 15 is 0 Å². The molecule has 0 radical (unpaired) electrons. The normalized spacial score (nSPS) is 11.6. The van der Waals surface area contributed by atoms with Crippen molar-refractivity contribution in [3.8, 4) is 11.5 Å². The molecule has 0 unspecified atom stereocenters. The lowest BCUT2D eigenvalue weighted by atomic mass is 10.1. The number of benzene rings is 3. The minimum Gasteiger partial charge on any atom is -0.493 e. The third kappa shape index (κ3) is 7.69. The van der Waals surface area contributed by atoms with E-state index in [1.165, 1.54) is 4.31 Å². The molecule has 224 valence electrons. The number of nitrogens with zero attached hydrogens (tertiary/aromatic N) is 2. The van der Waals surface area contributed by atoms with E-state index in [0.717, 1.165) is 26.8 Å². The summed E-state index contributed by atoms with van der Waals surface area (Å²) >= 11 is 1.59. The van der Waals surface area contributed by atoms with Gasteiger partial charge >= 0.3 is 0 Å². The van der Waals surface area contributed by atoms with Crippen LogP contribution in [0.3, 0.4) is 0 Å². The predicted octanol–water partition coefficient (Wildman–Crippen LogP) is 5.53. The van der Waals surface area contributed by atoms with Gasteiger partial charge in [-0.3, -0.25) is 4.79 Å². The average molecular weight is 611 g/mol. The predicted molar refractivity (Wildman–Crippen MR) is 167 cm³/mol. The molecular formula is C32H38N2O6S2. The number of hydrogen-bond donors (Lipinski definition) is 0. The third-order valence-corrected chi connectivity index (χ3v) is 10.0. The Morgan fingerprint density at radius 3 is 2.33 bits per heavy atom. The van der Waals surface area contributed by atoms with Gasteiger partial charge in [0.1, 0.15) is 0 Å². The fourth-order valence-corrected chi connectivity index (χ4v) is 7.11. The van der Waals surface area contributed by atoms with Crippen LogP contribution in [0.1, 0.15) is 22.4 Å². The van der Waals surface area contributed by atoms with Crippen molar-refractivity contribution < 1.29 is 27.4 Å². The van der Waals surface area contributed by atoms with Gasteiger partial charge in [0, 0.05) is 31.7 Å². The second-order valence-corrected chi connectivity index (χ2v) is 12.9. The Bertz CT molecular complexity index is 1600. The summed E-state index contributed by atoms with van der Waals surface area (Å²) in [4.78, 5) is 16.9. The van der Waals surface area contributed by atoms with Gasteiger partial charge < -0.3 is 19.1 Å². The zero-order chi connectivity index (χ0) is 30.1. The Balaban J connectivity index is 1.59. The fraction of sp³-hybridized carbons (Fsp3) is 0.344. The van der Waals surface area contributed by atoms with Gasteiger partial charge in [0.2, 0.25) is 15.9 Å². The molecule has 4 aromatic rings. The van der Waals surface area contributed by atoms with Gasteiger partial charge in [-0.25, -0.2) is 8.42 Å². The molecule has 0 fully saturated rings. The highest BCUT2D eigenvalue weighted by molar-refractivity contribution is 7.89. The van der Waals surface area contributed by atoms with Crippen LogP contribution >= 0.6 is 11.3 Å². The molecule has 8 nitrogen and oxygen atoms in total. The van der Waals surface area contributed by atoms with Gasteiger partial charge in [-0.15, -0.1) is 11.3 Å². The lowest BCUT2D eigenvalue weighted by molar-refractivity contribution is -0.132. The highest BCUT2D eigenvalue weighted by atomic mass is 32.2. The Morgan fingerprint density at radius 2 is 1.64 bits per heavy atom.